The topological polar surface area (TPSA) is 43.8 Å². The lowest BCUT2D eigenvalue weighted by atomic mass is 9.74. The molecule has 0 aromatic heterocycles. The van der Waals surface area contributed by atoms with Crippen LogP contribution < -0.4 is 0 Å². The Hall–Kier alpha value is -2.17. The Bertz CT molecular complexity index is 816. The number of likely N-dealkylation sites (tertiary alicyclic amines) is 1. The molecule has 154 valence electrons. The molecule has 2 aromatic carbocycles. The molecule has 1 N–H and O–H groups in total. The molecular weight excluding hydrogens is 360 g/mol. The Morgan fingerprint density at radius 1 is 1.03 bits per heavy atom. The monoisotopic (exact) mass is 392 g/mol. The minimum absolute atomic E-state index is 0.129. The van der Waals surface area contributed by atoms with Crippen LogP contribution in [0.5, 0.6) is 0 Å². The summed E-state index contributed by atoms with van der Waals surface area (Å²) in [6.45, 7) is 6.37. The van der Waals surface area contributed by atoms with Crippen molar-refractivity contribution in [2.45, 2.75) is 44.7 Å². The molecule has 1 amide bonds. The van der Waals surface area contributed by atoms with E-state index in [0.29, 0.717) is 0 Å². The van der Waals surface area contributed by atoms with Crippen LogP contribution in [0, 0.1) is 5.92 Å². The summed E-state index contributed by atoms with van der Waals surface area (Å²) in [4.78, 5) is 16.4. The Kier molecular flexibility index (Phi) is 6.02. The number of carbonyl (C=O) groups is 1. The van der Waals surface area contributed by atoms with Gasteiger partial charge >= 0.3 is 0 Å². The number of hydrogen-bond acceptors (Lipinski definition) is 3. The first-order valence-electron chi connectivity index (χ1n) is 10.9. The van der Waals surface area contributed by atoms with E-state index in [0.717, 1.165) is 25.6 Å². The van der Waals surface area contributed by atoms with Gasteiger partial charge in [0.1, 0.15) is 0 Å². The lowest BCUT2D eigenvalue weighted by Gasteiger charge is -2.56. The zero-order valence-electron chi connectivity index (χ0n) is 17.5. The molecule has 4 rings (SSSR count). The molecule has 4 heteroatoms. The molecule has 0 bridgehead atoms. The summed E-state index contributed by atoms with van der Waals surface area (Å²) < 4.78 is 0. The van der Waals surface area contributed by atoms with Crippen LogP contribution >= 0.6 is 0 Å². The lowest BCUT2D eigenvalue weighted by Crippen LogP contribution is -2.67. The van der Waals surface area contributed by atoms with Crippen molar-refractivity contribution in [3.63, 3.8) is 0 Å². The number of hydrogen-bond donors (Lipinski definition) is 1. The van der Waals surface area contributed by atoms with E-state index >= 15 is 0 Å². The summed E-state index contributed by atoms with van der Waals surface area (Å²) in [6.07, 6.45) is 2.59. The van der Waals surface area contributed by atoms with E-state index in [9.17, 15) is 9.90 Å². The maximum atomic E-state index is 12.0. The van der Waals surface area contributed by atoms with Gasteiger partial charge in [-0.05, 0) is 42.4 Å². The van der Waals surface area contributed by atoms with E-state index in [-0.39, 0.29) is 30.5 Å². The minimum atomic E-state index is 0.129. The largest absolute Gasteiger partial charge is 0.395 e. The van der Waals surface area contributed by atoms with Crippen molar-refractivity contribution < 1.29 is 9.90 Å². The number of aliphatic hydroxyl groups is 1. The first kappa shape index (κ1) is 20.1. The molecule has 0 spiro atoms. The molecule has 1 heterocycles. The molecular formula is C25H32N2O2. The van der Waals surface area contributed by atoms with Crippen molar-refractivity contribution in [1.29, 1.82) is 0 Å². The molecule has 4 nitrogen and oxygen atoms in total. The normalized spacial score (nSPS) is 24.2. The van der Waals surface area contributed by atoms with Gasteiger partial charge in [-0.3, -0.25) is 9.69 Å². The smallest absolute Gasteiger partial charge is 0.219 e. The van der Waals surface area contributed by atoms with E-state index in [1.165, 1.54) is 29.5 Å². The van der Waals surface area contributed by atoms with Gasteiger partial charge in [-0.2, -0.15) is 0 Å². The van der Waals surface area contributed by atoms with Gasteiger partial charge in [0.2, 0.25) is 5.91 Å². The Balaban J connectivity index is 1.57. The highest BCUT2D eigenvalue weighted by atomic mass is 16.3. The van der Waals surface area contributed by atoms with Crippen LogP contribution in [0.1, 0.15) is 38.2 Å². The third-order valence-electron chi connectivity index (χ3n) is 6.67. The van der Waals surface area contributed by atoms with Gasteiger partial charge in [0, 0.05) is 44.6 Å². The van der Waals surface area contributed by atoms with E-state index < -0.39 is 0 Å². The minimum Gasteiger partial charge on any atom is -0.395 e. The molecule has 2 aromatic rings. The molecule has 3 atom stereocenters. The van der Waals surface area contributed by atoms with Crippen molar-refractivity contribution in [2.24, 2.45) is 5.92 Å². The summed E-state index contributed by atoms with van der Waals surface area (Å²) in [5.74, 6) is 1.15. The van der Waals surface area contributed by atoms with Gasteiger partial charge < -0.3 is 10.0 Å². The van der Waals surface area contributed by atoms with Crippen LogP contribution in [-0.2, 0) is 4.79 Å². The highest BCUT2D eigenvalue weighted by molar-refractivity contribution is 5.73. The molecule has 2 fully saturated rings. The number of aliphatic hydroxyl groups excluding tert-OH is 1. The third-order valence-corrected chi connectivity index (χ3v) is 6.67. The molecule has 1 saturated heterocycles. The number of amides is 1. The molecule has 1 aliphatic heterocycles. The first-order chi connectivity index (χ1) is 14.1. The van der Waals surface area contributed by atoms with E-state index in [1.807, 2.05) is 17.9 Å². The second kappa shape index (κ2) is 8.68. The standard InChI is InChI=1S/C25H32N2O2/c1-3-26(18(2)29)16-23-25(24(17-28)27(23)15-19-9-10-19)22-13-11-21(12-14-22)20-7-5-4-6-8-20/h4-8,11-14,19,23-25,28H,3,9-10,15-17H2,1-2H3/t23-,24-,25-/m0/s1. The fourth-order valence-corrected chi connectivity index (χ4v) is 4.80. The number of rotatable bonds is 8. The Morgan fingerprint density at radius 2 is 1.69 bits per heavy atom. The average molecular weight is 393 g/mol. The highest BCUT2D eigenvalue weighted by Gasteiger charge is 2.50. The predicted octanol–water partition coefficient (Wildman–Crippen LogP) is 3.76. The molecule has 1 saturated carbocycles. The quantitative estimate of drug-likeness (QED) is 0.744. The van der Waals surface area contributed by atoms with Crippen LogP contribution in [0.4, 0.5) is 0 Å². The first-order valence-corrected chi connectivity index (χ1v) is 10.9. The summed E-state index contributed by atoms with van der Waals surface area (Å²) in [7, 11) is 0. The maximum Gasteiger partial charge on any atom is 0.219 e. The second-order valence-corrected chi connectivity index (χ2v) is 8.53. The summed E-state index contributed by atoms with van der Waals surface area (Å²) in [5.41, 5.74) is 3.69. The van der Waals surface area contributed by atoms with Crippen molar-refractivity contribution in [3.8, 4) is 11.1 Å². The van der Waals surface area contributed by atoms with Crippen LogP contribution in [-0.4, -0.2) is 59.1 Å². The van der Waals surface area contributed by atoms with Gasteiger partial charge in [-0.1, -0.05) is 54.6 Å². The van der Waals surface area contributed by atoms with Gasteiger partial charge in [-0.25, -0.2) is 0 Å². The molecule has 1 aliphatic carbocycles. The molecule has 0 unspecified atom stereocenters. The summed E-state index contributed by atoms with van der Waals surface area (Å²) >= 11 is 0. The van der Waals surface area contributed by atoms with Crippen LogP contribution in [0.25, 0.3) is 11.1 Å². The summed E-state index contributed by atoms with van der Waals surface area (Å²) in [6, 6.07) is 19.6. The fourth-order valence-electron chi connectivity index (χ4n) is 4.80. The average Bonchev–Trinajstić information content (AvgIpc) is 3.56. The SMILES string of the molecule is CCN(C[C@H]1[C@H](c2ccc(-c3ccccc3)cc2)[C@H](CO)N1CC1CC1)C(C)=O. The van der Waals surface area contributed by atoms with Crippen molar-refractivity contribution in [1.82, 2.24) is 9.80 Å². The van der Waals surface area contributed by atoms with Gasteiger partial charge in [0.15, 0.2) is 0 Å². The van der Waals surface area contributed by atoms with E-state index in [2.05, 4.69) is 53.4 Å². The molecule has 2 aliphatic rings. The fraction of sp³-hybridized carbons (Fsp3) is 0.480. The zero-order valence-corrected chi connectivity index (χ0v) is 17.5. The summed E-state index contributed by atoms with van der Waals surface area (Å²) in [5, 5.41) is 10.2. The highest BCUT2D eigenvalue weighted by Crippen LogP contribution is 2.44. The zero-order chi connectivity index (χ0) is 20.4. The van der Waals surface area contributed by atoms with Crippen molar-refractivity contribution in [3.05, 3.63) is 60.2 Å². The number of nitrogens with zero attached hydrogens (tertiary/aromatic N) is 2. The van der Waals surface area contributed by atoms with Crippen molar-refractivity contribution in [2.75, 3.05) is 26.2 Å². The van der Waals surface area contributed by atoms with E-state index in [4.69, 9.17) is 0 Å². The number of carbonyl (C=O) groups excluding carboxylic acids is 1. The third kappa shape index (κ3) is 4.24. The van der Waals surface area contributed by atoms with Gasteiger partial charge in [0.25, 0.3) is 0 Å². The second-order valence-electron chi connectivity index (χ2n) is 8.53. The van der Waals surface area contributed by atoms with E-state index in [1.54, 1.807) is 6.92 Å². The maximum absolute atomic E-state index is 12.0. The predicted molar refractivity (Wildman–Crippen MR) is 117 cm³/mol. The molecule has 29 heavy (non-hydrogen) atoms. The molecule has 0 radical (unpaired) electrons. The van der Waals surface area contributed by atoms with Crippen molar-refractivity contribution >= 4 is 5.91 Å². The number of likely N-dealkylation sites (N-methyl/N-ethyl adjacent to an activating group) is 1. The number of benzene rings is 2. The lowest BCUT2D eigenvalue weighted by molar-refractivity contribution is -0.132. The Labute approximate surface area is 174 Å². The van der Waals surface area contributed by atoms with Crippen LogP contribution in [0.3, 0.4) is 0 Å². The van der Waals surface area contributed by atoms with Crippen LogP contribution in [0.15, 0.2) is 54.6 Å². The Morgan fingerprint density at radius 3 is 2.24 bits per heavy atom. The van der Waals surface area contributed by atoms with Gasteiger partial charge in [0.05, 0.1) is 6.61 Å². The van der Waals surface area contributed by atoms with Crippen LogP contribution in [0.2, 0.25) is 0 Å². The van der Waals surface area contributed by atoms with Gasteiger partial charge in [-0.15, -0.1) is 0 Å².